The molecule has 0 aromatic heterocycles. The molecule has 0 aliphatic carbocycles. The standard InChI is InChI=1S/C18H26O4/c1-17(2,3)14(16(20)22-18(4,5)6)15(19)21-12-13-10-8-7-9-11-13/h7-11,14H,12H2,1-6H3. The topological polar surface area (TPSA) is 52.6 Å². The molecule has 0 spiro atoms. The lowest BCUT2D eigenvalue weighted by atomic mass is 9.80. The van der Waals surface area contributed by atoms with Gasteiger partial charge in [-0.05, 0) is 31.7 Å². The van der Waals surface area contributed by atoms with Crippen LogP contribution in [0.2, 0.25) is 0 Å². The average Bonchev–Trinajstić information content (AvgIpc) is 2.33. The van der Waals surface area contributed by atoms with Crippen LogP contribution in [0.15, 0.2) is 30.3 Å². The molecule has 4 heteroatoms. The Bertz CT molecular complexity index is 506. The summed E-state index contributed by atoms with van der Waals surface area (Å²) in [4.78, 5) is 24.7. The fraction of sp³-hybridized carbons (Fsp3) is 0.556. The molecule has 1 unspecified atom stereocenters. The van der Waals surface area contributed by atoms with Crippen LogP contribution in [0.3, 0.4) is 0 Å². The van der Waals surface area contributed by atoms with Gasteiger partial charge in [0.25, 0.3) is 0 Å². The molecule has 0 bridgehead atoms. The van der Waals surface area contributed by atoms with Gasteiger partial charge in [0.05, 0.1) is 0 Å². The van der Waals surface area contributed by atoms with Crippen LogP contribution in [0, 0.1) is 11.3 Å². The monoisotopic (exact) mass is 306 g/mol. The number of carbonyl (C=O) groups excluding carboxylic acids is 2. The van der Waals surface area contributed by atoms with E-state index in [-0.39, 0.29) is 6.61 Å². The zero-order valence-corrected chi connectivity index (χ0v) is 14.3. The molecule has 1 rings (SSSR count). The lowest BCUT2D eigenvalue weighted by Gasteiger charge is -2.30. The second-order valence-electron chi connectivity index (χ2n) is 7.43. The number of esters is 2. The molecule has 0 aliphatic rings. The second-order valence-corrected chi connectivity index (χ2v) is 7.43. The third kappa shape index (κ3) is 5.88. The van der Waals surface area contributed by atoms with E-state index in [4.69, 9.17) is 9.47 Å². The summed E-state index contributed by atoms with van der Waals surface area (Å²) in [6.07, 6.45) is 0. The van der Waals surface area contributed by atoms with E-state index in [0.29, 0.717) is 0 Å². The molecule has 0 aliphatic heterocycles. The van der Waals surface area contributed by atoms with E-state index in [1.54, 1.807) is 20.8 Å². The van der Waals surface area contributed by atoms with Gasteiger partial charge in [-0.2, -0.15) is 0 Å². The van der Waals surface area contributed by atoms with Gasteiger partial charge in [-0.3, -0.25) is 9.59 Å². The predicted molar refractivity (Wildman–Crippen MR) is 85.0 cm³/mol. The largest absolute Gasteiger partial charge is 0.460 e. The Morgan fingerprint density at radius 3 is 1.95 bits per heavy atom. The normalized spacial score (nSPS) is 13.4. The summed E-state index contributed by atoms with van der Waals surface area (Å²) >= 11 is 0. The summed E-state index contributed by atoms with van der Waals surface area (Å²) in [5.41, 5.74) is -0.330. The predicted octanol–water partition coefficient (Wildman–Crippen LogP) is 3.73. The van der Waals surface area contributed by atoms with Crippen LogP contribution in [-0.2, 0) is 25.7 Å². The molecule has 4 nitrogen and oxygen atoms in total. The molecule has 122 valence electrons. The smallest absolute Gasteiger partial charge is 0.321 e. The minimum atomic E-state index is -0.949. The van der Waals surface area contributed by atoms with E-state index in [2.05, 4.69) is 0 Å². The molecule has 1 aromatic rings. The third-order valence-electron chi connectivity index (χ3n) is 2.97. The van der Waals surface area contributed by atoms with Crippen LogP contribution >= 0.6 is 0 Å². The summed E-state index contributed by atoms with van der Waals surface area (Å²) < 4.78 is 10.7. The minimum Gasteiger partial charge on any atom is -0.460 e. The van der Waals surface area contributed by atoms with Crippen LogP contribution < -0.4 is 0 Å². The number of ether oxygens (including phenoxy) is 2. The first kappa shape index (κ1) is 18.2. The van der Waals surface area contributed by atoms with Crippen molar-refractivity contribution in [2.24, 2.45) is 11.3 Å². The highest BCUT2D eigenvalue weighted by atomic mass is 16.6. The molecule has 0 saturated carbocycles. The van der Waals surface area contributed by atoms with Crippen LogP contribution in [0.4, 0.5) is 0 Å². The Hall–Kier alpha value is -1.84. The van der Waals surface area contributed by atoms with Gasteiger partial charge in [0.2, 0.25) is 0 Å². The van der Waals surface area contributed by atoms with E-state index in [1.807, 2.05) is 51.1 Å². The van der Waals surface area contributed by atoms with Gasteiger partial charge in [-0.25, -0.2) is 0 Å². The van der Waals surface area contributed by atoms with Crippen molar-refractivity contribution in [2.75, 3.05) is 0 Å². The highest BCUT2D eigenvalue weighted by Crippen LogP contribution is 2.30. The molecule has 1 aromatic carbocycles. The molecule has 0 fully saturated rings. The molecular weight excluding hydrogens is 280 g/mol. The Morgan fingerprint density at radius 2 is 1.50 bits per heavy atom. The first-order chi connectivity index (χ1) is 10.0. The number of carbonyl (C=O) groups is 2. The number of hydrogen-bond donors (Lipinski definition) is 0. The van der Waals surface area contributed by atoms with Crippen LogP contribution in [0.1, 0.15) is 47.1 Å². The summed E-state index contributed by atoms with van der Waals surface area (Å²) in [5.74, 6) is -2.04. The Labute approximate surface area is 132 Å². The van der Waals surface area contributed by atoms with Crippen molar-refractivity contribution in [3.63, 3.8) is 0 Å². The molecule has 0 amide bonds. The number of rotatable bonds is 4. The van der Waals surface area contributed by atoms with Gasteiger partial charge in [-0.15, -0.1) is 0 Å². The molecule has 0 N–H and O–H groups in total. The molecular formula is C18H26O4. The lowest BCUT2D eigenvalue weighted by molar-refractivity contribution is -0.175. The van der Waals surface area contributed by atoms with E-state index in [9.17, 15) is 9.59 Å². The molecule has 0 saturated heterocycles. The van der Waals surface area contributed by atoms with Gasteiger partial charge in [0.15, 0.2) is 5.92 Å². The van der Waals surface area contributed by atoms with Gasteiger partial charge in [-0.1, -0.05) is 51.1 Å². The minimum absolute atomic E-state index is 0.148. The fourth-order valence-electron chi connectivity index (χ4n) is 1.98. The maximum Gasteiger partial charge on any atom is 0.321 e. The summed E-state index contributed by atoms with van der Waals surface area (Å²) in [6.45, 7) is 11.0. The van der Waals surface area contributed by atoms with Gasteiger partial charge >= 0.3 is 11.9 Å². The van der Waals surface area contributed by atoms with Crippen molar-refractivity contribution in [3.8, 4) is 0 Å². The highest BCUT2D eigenvalue weighted by molar-refractivity contribution is 5.95. The first-order valence-electron chi connectivity index (χ1n) is 7.44. The summed E-state index contributed by atoms with van der Waals surface area (Å²) in [6, 6.07) is 9.38. The van der Waals surface area contributed by atoms with E-state index >= 15 is 0 Å². The lowest BCUT2D eigenvalue weighted by Crippen LogP contribution is -2.40. The molecule has 0 heterocycles. The van der Waals surface area contributed by atoms with Crippen LogP contribution in [-0.4, -0.2) is 17.5 Å². The maximum absolute atomic E-state index is 12.4. The Kier molecular flexibility index (Phi) is 5.75. The Balaban J connectivity index is 2.79. The van der Waals surface area contributed by atoms with E-state index in [1.165, 1.54) is 0 Å². The molecule has 0 radical (unpaired) electrons. The number of benzene rings is 1. The third-order valence-corrected chi connectivity index (χ3v) is 2.97. The quantitative estimate of drug-likeness (QED) is 0.628. The SMILES string of the molecule is CC(C)(C)OC(=O)C(C(=O)OCc1ccccc1)C(C)(C)C. The fourth-order valence-corrected chi connectivity index (χ4v) is 1.98. The van der Waals surface area contributed by atoms with Crippen molar-refractivity contribution in [2.45, 2.75) is 53.8 Å². The maximum atomic E-state index is 12.4. The van der Waals surface area contributed by atoms with E-state index < -0.39 is 28.9 Å². The number of hydrogen-bond acceptors (Lipinski definition) is 4. The van der Waals surface area contributed by atoms with Gasteiger partial charge in [0, 0.05) is 0 Å². The summed E-state index contributed by atoms with van der Waals surface area (Å²) in [5, 5.41) is 0. The Morgan fingerprint density at radius 1 is 0.955 bits per heavy atom. The zero-order chi connectivity index (χ0) is 17.0. The second kappa shape index (κ2) is 6.95. The molecule has 1 atom stereocenters. The van der Waals surface area contributed by atoms with Crippen molar-refractivity contribution < 1.29 is 19.1 Å². The van der Waals surface area contributed by atoms with Crippen molar-refractivity contribution in [1.82, 2.24) is 0 Å². The van der Waals surface area contributed by atoms with Crippen LogP contribution in [0.25, 0.3) is 0 Å². The van der Waals surface area contributed by atoms with Crippen molar-refractivity contribution in [1.29, 1.82) is 0 Å². The zero-order valence-electron chi connectivity index (χ0n) is 14.3. The summed E-state index contributed by atoms with van der Waals surface area (Å²) in [7, 11) is 0. The molecule has 22 heavy (non-hydrogen) atoms. The van der Waals surface area contributed by atoms with Gasteiger partial charge in [0.1, 0.15) is 12.2 Å². The van der Waals surface area contributed by atoms with Crippen molar-refractivity contribution >= 4 is 11.9 Å². The first-order valence-corrected chi connectivity index (χ1v) is 7.44. The average molecular weight is 306 g/mol. The van der Waals surface area contributed by atoms with Crippen molar-refractivity contribution in [3.05, 3.63) is 35.9 Å². The highest BCUT2D eigenvalue weighted by Gasteiger charge is 2.41. The van der Waals surface area contributed by atoms with E-state index in [0.717, 1.165) is 5.56 Å². The van der Waals surface area contributed by atoms with Crippen LogP contribution in [0.5, 0.6) is 0 Å². The van der Waals surface area contributed by atoms with Gasteiger partial charge < -0.3 is 9.47 Å².